The monoisotopic (exact) mass is 502 g/mol. The van der Waals surface area contributed by atoms with E-state index in [0.717, 1.165) is 11.1 Å². The average Bonchev–Trinajstić information content (AvgIpc) is 3.20. The van der Waals surface area contributed by atoms with E-state index in [9.17, 15) is 18.4 Å². The number of aromatic nitrogens is 3. The third kappa shape index (κ3) is 5.25. The molecule has 0 atom stereocenters. The van der Waals surface area contributed by atoms with E-state index in [1.807, 2.05) is 12.1 Å². The lowest BCUT2D eigenvalue weighted by Crippen LogP contribution is -2.36. The van der Waals surface area contributed by atoms with Gasteiger partial charge in [0.05, 0.1) is 12.7 Å². The molecule has 0 N–H and O–H groups in total. The van der Waals surface area contributed by atoms with E-state index in [0.29, 0.717) is 54.3 Å². The number of amides is 1. The Morgan fingerprint density at radius 3 is 2.14 bits per heavy atom. The van der Waals surface area contributed by atoms with Gasteiger partial charge in [-0.25, -0.2) is 23.2 Å². The second kappa shape index (κ2) is 10.3. The first-order chi connectivity index (χ1) is 17.9. The van der Waals surface area contributed by atoms with Crippen LogP contribution in [0.3, 0.4) is 0 Å². The van der Waals surface area contributed by atoms with Crippen LogP contribution in [0.4, 0.5) is 8.78 Å². The van der Waals surface area contributed by atoms with Crippen molar-refractivity contribution in [1.82, 2.24) is 19.7 Å². The Labute approximate surface area is 212 Å². The summed E-state index contributed by atoms with van der Waals surface area (Å²) in [5.74, 6) is -0.544. The molecule has 1 aromatic heterocycles. The van der Waals surface area contributed by atoms with E-state index in [4.69, 9.17) is 4.74 Å². The van der Waals surface area contributed by atoms with Gasteiger partial charge in [-0.05, 0) is 84.6 Å². The van der Waals surface area contributed by atoms with Gasteiger partial charge in [0, 0.05) is 24.2 Å². The van der Waals surface area contributed by atoms with Crippen molar-refractivity contribution < 1.29 is 23.1 Å². The Balaban J connectivity index is 1.39. The maximum atomic E-state index is 13.5. The van der Waals surface area contributed by atoms with Crippen molar-refractivity contribution in [2.75, 3.05) is 20.2 Å². The number of halogens is 2. The highest BCUT2D eigenvalue weighted by atomic mass is 19.1. The molecular formula is C28H24F2N4O3. The van der Waals surface area contributed by atoms with Crippen LogP contribution in [0.5, 0.6) is 0 Å². The Morgan fingerprint density at radius 1 is 0.865 bits per heavy atom. The Bertz CT molecular complexity index is 1450. The smallest absolute Gasteiger partial charge is 0.337 e. The highest BCUT2D eigenvalue weighted by Gasteiger charge is 2.23. The highest BCUT2D eigenvalue weighted by Crippen LogP contribution is 2.24. The zero-order chi connectivity index (χ0) is 25.9. The van der Waals surface area contributed by atoms with Gasteiger partial charge in [-0.15, -0.1) is 5.10 Å². The molecule has 1 amide bonds. The molecule has 9 heteroatoms. The summed E-state index contributed by atoms with van der Waals surface area (Å²) in [6, 6.07) is 17.1. The first kappa shape index (κ1) is 24.3. The fourth-order valence-corrected chi connectivity index (χ4v) is 4.43. The molecule has 0 saturated heterocycles. The predicted molar refractivity (Wildman–Crippen MR) is 133 cm³/mol. The number of hydrogen-bond donors (Lipinski definition) is 0. The van der Waals surface area contributed by atoms with Crippen LogP contribution >= 0.6 is 0 Å². The SMILES string of the molecule is COC(=O)c1ccc2c(c1)CCN(C(=O)Cn1nc(-c3ccc(F)cc3)nc1-c1ccc(F)cc1)CC2. The molecule has 188 valence electrons. The second-order valence-corrected chi connectivity index (χ2v) is 8.79. The number of esters is 1. The molecule has 7 nitrogen and oxygen atoms in total. The summed E-state index contributed by atoms with van der Waals surface area (Å²) in [5.41, 5.74) is 3.80. The number of fused-ring (bicyclic) bond motifs is 1. The maximum absolute atomic E-state index is 13.5. The third-order valence-electron chi connectivity index (χ3n) is 6.44. The summed E-state index contributed by atoms with van der Waals surface area (Å²) in [7, 11) is 1.35. The minimum atomic E-state index is -0.392. The molecule has 37 heavy (non-hydrogen) atoms. The third-order valence-corrected chi connectivity index (χ3v) is 6.44. The summed E-state index contributed by atoms with van der Waals surface area (Å²) < 4.78 is 33.3. The van der Waals surface area contributed by atoms with Crippen molar-refractivity contribution >= 4 is 11.9 Å². The van der Waals surface area contributed by atoms with Crippen LogP contribution in [0, 0.1) is 11.6 Å². The number of benzene rings is 3. The van der Waals surface area contributed by atoms with Gasteiger partial charge in [0.15, 0.2) is 11.6 Å². The molecule has 0 unspecified atom stereocenters. The van der Waals surface area contributed by atoms with E-state index in [1.165, 1.54) is 36.1 Å². The zero-order valence-electron chi connectivity index (χ0n) is 20.2. The Morgan fingerprint density at radius 2 is 1.49 bits per heavy atom. The number of carbonyl (C=O) groups is 2. The van der Waals surface area contributed by atoms with Crippen LogP contribution in [-0.2, 0) is 28.9 Å². The van der Waals surface area contributed by atoms with Crippen LogP contribution in [0.25, 0.3) is 22.8 Å². The summed E-state index contributed by atoms with van der Waals surface area (Å²) in [4.78, 5) is 31.6. The lowest BCUT2D eigenvalue weighted by atomic mass is 10.0. The Kier molecular flexibility index (Phi) is 6.76. The second-order valence-electron chi connectivity index (χ2n) is 8.79. The van der Waals surface area contributed by atoms with Gasteiger partial charge in [0.25, 0.3) is 0 Å². The fourth-order valence-electron chi connectivity index (χ4n) is 4.43. The Hall–Kier alpha value is -4.40. The van der Waals surface area contributed by atoms with Crippen molar-refractivity contribution in [3.8, 4) is 22.8 Å². The van der Waals surface area contributed by atoms with Gasteiger partial charge in [-0.3, -0.25) is 4.79 Å². The van der Waals surface area contributed by atoms with Gasteiger partial charge in [0.1, 0.15) is 18.2 Å². The molecular weight excluding hydrogens is 478 g/mol. The lowest BCUT2D eigenvalue weighted by molar-refractivity contribution is -0.131. The molecule has 5 rings (SSSR count). The topological polar surface area (TPSA) is 77.3 Å². The molecule has 0 spiro atoms. The number of ether oxygens (including phenoxy) is 1. The van der Waals surface area contributed by atoms with Gasteiger partial charge < -0.3 is 9.64 Å². The van der Waals surface area contributed by atoms with Gasteiger partial charge >= 0.3 is 5.97 Å². The number of methoxy groups -OCH3 is 1. The van der Waals surface area contributed by atoms with Crippen LogP contribution in [0.2, 0.25) is 0 Å². The average molecular weight is 503 g/mol. The molecule has 0 saturated carbocycles. The fraction of sp³-hybridized carbons (Fsp3) is 0.214. The van der Waals surface area contributed by atoms with Gasteiger partial charge in [-0.2, -0.15) is 0 Å². The van der Waals surface area contributed by atoms with Crippen molar-refractivity contribution in [1.29, 1.82) is 0 Å². The van der Waals surface area contributed by atoms with E-state index in [-0.39, 0.29) is 24.1 Å². The van der Waals surface area contributed by atoms with Crippen molar-refractivity contribution in [2.24, 2.45) is 0 Å². The standard InChI is InChI=1S/C28H24F2N4O3/c1-37-28(36)22-3-2-18-12-14-33(15-13-21(18)16-22)25(35)17-34-27(20-6-10-24(30)11-7-20)31-26(32-34)19-4-8-23(29)9-5-19/h2-11,16H,12-15,17H2,1H3. The van der Waals surface area contributed by atoms with Crippen molar-refractivity contribution in [3.63, 3.8) is 0 Å². The largest absolute Gasteiger partial charge is 0.465 e. The molecule has 1 aliphatic heterocycles. The normalized spacial score (nSPS) is 13.1. The number of nitrogens with zero attached hydrogens (tertiary/aromatic N) is 4. The van der Waals surface area contributed by atoms with Gasteiger partial charge in [0.2, 0.25) is 5.91 Å². The maximum Gasteiger partial charge on any atom is 0.337 e. The quantitative estimate of drug-likeness (QED) is 0.380. The summed E-state index contributed by atoms with van der Waals surface area (Å²) in [6.45, 7) is 0.946. The van der Waals surface area contributed by atoms with Crippen molar-refractivity contribution in [3.05, 3.63) is 95.1 Å². The molecule has 0 bridgehead atoms. The van der Waals surface area contributed by atoms with Crippen LogP contribution in [-0.4, -0.2) is 51.7 Å². The minimum absolute atomic E-state index is 0.0648. The first-order valence-corrected chi connectivity index (χ1v) is 11.9. The van der Waals surface area contributed by atoms with E-state index >= 15 is 0 Å². The first-order valence-electron chi connectivity index (χ1n) is 11.9. The highest BCUT2D eigenvalue weighted by molar-refractivity contribution is 5.89. The van der Waals surface area contributed by atoms with Crippen molar-refractivity contribution in [2.45, 2.75) is 19.4 Å². The molecule has 4 aromatic rings. The summed E-state index contributed by atoms with van der Waals surface area (Å²) >= 11 is 0. The predicted octanol–water partition coefficient (Wildman–Crippen LogP) is 4.30. The number of carbonyl (C=O) groups excluding carboxylic acids is 2. The van der Waals surface area contributed by atoms with Crippen LogP contribution < -0.4 is 0 Å². The van der Waals surface area contributed by atoms with Crippen LogP contribution in [0.15, 0.2) is 66.7 Å². The zero-order valence-corrected chi connectivity index (χ0v) is 20.2. The number of rotatable bonds is 5. The van der Waals surface area contributed by atoms with Crippen LogP contribution in [0.1, 0.15) is 21.5 Å². The lowest BCUT2D eigenvalue weighted by Gasteiger charge is -2.20. The summed E-state index contributed by atoms with van der Waals surface area (Å²) in [5, 5.41) is 4.54. The summed E-state index contributed by atoms with van der Waals surface area (Å²) in [6.07, 6.45) is 1.26. The molecule has 0 fully saturated rings. The molecule has 3 aromatic carbocycles. The molecule has 1 aliphatic rings. The van der Waals surface area contributed by atoms with E-state index < -0.39 is 5.97 Å². The number of hydrogen-bond acceptors (Lipinski definition) is 5. The molecule has 0 aliphatic carbocycles. The molecule has 0 radical (unpaired) electrons. The minimum Gasteiger partial charge on any atom is -0.465 e. The molecule has 2 heterocycles. The van der Waals surface area contributed by atoms with E-state index in [1.54, 1.807) is 35.2 Å². The van der Waals surface area contributed by atoms with E-state index in [2.05, 4.69) is 10.1 Å². The van der Waals surface area contributed by atoms with Gasteiger partial charge in [-0.1, -0.05) is 6.07 Å².